The van der Waals surface area contributed by atoms with E-state index in [9.17, 15) is 9.59 Å². The molecule has 1 fully saturated rings. The number of nitrogens with one attached hydrogen (secondary N) is 1. The summed E-state index contributed by atoms with van der Waals surface area (Å²) in [4.78, 5) is 38.9. The molecule has 0 saturated carbocycles. The number of piperidine rings is 1. The van der Waals surface area contributed by atoms with Crippen molar-refractivity contribution in [3.05, 3.63) is 58.5 Å². The van der Waals surface area contributed by atoms with Gasteiger partial charge in [0.05, 0.1) is 12.2 Å². The second kappa shape index (κ2) is 10.2. The molecular weight excluding hydrogens is 544 g/mol. The predicted octanol–water partition coefficient (Wildman–Crippen LogP) is 4.37. The molecular formula is C29H35ClN8O3. The Kier molecular flexibility index (Phi) is 6.80. The first-order valence-electron chi connectivity index (χ1n) is 14.0. The maximum absolute atomic E-state index is 13.4. The van der Waals surface area contributed by atoms with Crippen LogP contribution in [0.25, 0.3) is 0 Å². The second-order valence-electron chi connectivity index (χ2n) is 12.1. The number of rotatable bonds is 3. The Morgan fingerprint density at radius 3 is 2.61 bits per heavy atom. The summed E-state index contributed by atoms with van der Waals surface area (Å²) in [6.07, 6.45) is 4.48. The van der Waals surface area contributed by atoms with E-state index in [0.29, 0.717) is 31.3 Å². The molecule has 6 rings (SSSR count). The zero-order chi connectivity index (χ0) is 28.9. The number of anilines is 3. The molecule has 11 nitrogen and oxygen atoms in total. The molecule has 1 spiro atoms. The van der Waals surface area contributed by atoms with Crippen LogP contribution in [0.2, 0.25) is 5.15 Å². The van der Waals surface area contributed by atoms with Crippen LogP contribution in [-0.2, 0) is 17.7 Å². The van der Waals surface area contributed by atoms with Crippen molar-refractivity contribution in [1.29, 1.82) is 0 Å². The first kappa shape index (κ1) is 27.3. The maximum atomic E-state index is 13.4. The Balaban J connectivity index is 1.20. The third-order valence-electron chi connectivity index (χ3n) is 8.27. The van der Waals surface area contributed by atoms with Crippen molar-refractivity contribution in [1.82, 2.24) is 25.1 Å². The van der Waals surface area contributed by atoms with Gasteiger partial charge < -0.3 is 20.7 Å². The quantitative estimate of drug-likeness (QED) is 0.468. The number of fused-ring (bicyclic) bond motifs is 2. The average Bonchev–Trinajstić information content (AvgIpc) is 3.52. The molecule has 0 radical (unpaired) electrons. The van der Waals surface area contributed by atoms with E-state index < -0.39 is 11.7 Å². The molecule has 216 valence electrons. The minimum Gasteiger partial charge on any atom is -0.444 e. The molecule has 1 atom stereocenters. The van der Waals surface area contributed by atoms with Crippen LogP contribution in [0.15, 0.2) is 36.5 Å². The third kappa shape index (κ3) is 5.07. The topological polar surface area (TPSA) is 132 Å². The Labute approximate surface area is 244 Å². The highest BCUT2D eigenvalue weighted by molar-refractivity contribution is 6.32. The second-order valence-corrected chi connectivity index (χ2v) is 12.5. The van der Waals surface area contributed by atoms with Gasteiger partial charge in [0.2, 0.25) is 0 Å². The number of hydrogen-bond acceptors (Lipinski definition) is 8. The first-order valence-corrected chi connectivity index (χ1v) is 14.4. The molecule has 0 bridgehead atoms. The summed E-state index contributed by atoms with van der Waals surface area (Å²) >= 11 is 6.65. The molecule has 2 amide bonds. The van der Waals surface area contributed by atoms with E-state index in [2.05, 4.69) is 37.4 Å². The lowest BCUT2D eigenvalue weighted by molar-refractivity contribution is 0.0428. The average molecular weight is 579 g/mol. The number of nitrogen functional groups attached to an aromatic ring is 1. The molecule has 3 aromatic rings. The predicted molar refractivity (Wildman–Crippen MR) is 156 cm³/mol. The van der Waals surface area contributed by atoms with Crippen molar-refractivity contribution < 1.29 is 14.3 Å². The number of hydrogen-bond donors (Lipinski definition) is 2. The highest BCUT2D eigenvalue weighted by Crippen LogP contribution is 2.52. The van der Waals surface area contributed by atoms with Crippen molar-refractivity contribution in [3.63, 3.8) is 0 Å². The van der Waals surface area contributed by atoms with Gasteiger partial charge in [0, 0.05) is 37.7 Å². The van der Waals surface area contributed by atoms with Crippen LogP contribution >= 0.6 is 11.6 Å². The van der Waals surface area contributed by atoms with E-state index in [0.717, 1.165) is 37.8 Å². The smallest absolute Gasteiger partial charge is 0.408 e. The summed E-state index contributed by atoms with van der Waals surface area (Å²) < 4.78 is 7.40. The number of aryl methyl sites for hydroxylation is 1. The number of halogens is 1. The van der Waals surface area contributed by atoms with Gasteiger partial charge in [-0.15, -0.1) is 0 Å². The monoisotopic (exact) mass is 578 g/mol. The number of nitrogens with two attached hydrogens (primary N) is 1. The van der Waals surface area contributed by atoms with Gasteiger partial charge in [-0.2, -0.15) is 5.10 Å². The van der Waals surface area contributed by atoms with E-state index >= 15 is 0 Å². The molecule has 2 aromatic heterocycles. The Bertz CT molecular complexity index is 1490. The normalized spacial score (nSPS) is 19.6. The van der Waals surface area contributed by atoms with Crippen molar-refractivity contribution in [2.75, 3.05) is 35.2 Å². The number of aromatic nitrogens is 4. The highest BCUT2D eigenvalue weighted by atomic mass is 35.5. The van der Waals surface area contributed by atoms with Crippen molar-refractivity contribution in [2.45, 2.75) is 64.6 Å². The fourth-order valence-electron chi connectivity index (χ4n) is 6.40. The summed E-state index contributed by atoms with van der Waals surface area (Å²) in [5.74, 6) is 0.869. The SMILES string of the molecule is CC(C)(C)OC(=O)NC1c2ccccc2CC12CCN(c1nc(N)c(C(=O)N3CCCn4nccc43)nc1Cl)CC2. The van der Waals surface area contributed by atoms with Gasteiger partial charge >= 0.3 is 6.09 Å². The van der Waals surface area contributed by atoms with E-state index in [1.807, 2.05) is 32.9 Å². The largest absolute Gasteiger partial charge is 0.444 e. The molecule has 3 aliphatic rings. The summed E-state index contributed by atoms with van der Waals surface area (Å²) in [5.41, 5.74) is 7.97. The fraction of sp³-hybridized carbons (Fsp3) is 0.483. The van der Waals surface area contributed by atoms with Gasteiger partial charge in [-0.05, 0) is 57.6 Å². The van der Waals surface area contributed by atoms with Crippen molar-refractivity contribution in [2.24, 2.45) is 5.41 Å². The lowest BCUT2D eigenvalue weighted by Gasteiger charge is -2.44. The number of nitrogens with zero attached hydrogens (tertiary/aromatic N) is 6. The number of benzene rings is 1. The van der Waals surface area contributed by atoms with E-state index in [1.165, 1.54) is 5.56 Å². The molecule has 1 aromatic carbocycles. The van der Waals surface area contributed by atoms with Crippen LogP contribution < -0.4 is 20.9 Å². The lowest BCUT2D eigenvalue weighted by atomic mass is 9.72. The molecule has 12 heteroatoms. The Hall–Kier alpha value is -3.86. The van der Waals surface area contributed by atoms with Crippen LogP contribution in [0, 0.1) is 5.41 Å². The third-order valence-corrected chi connectivity index (χ3v) is 8.53. The summed E-state index contributed by atoms with van der Waals surface area (Å²) in [7, 11) is 0. The molecule has 41 heavy (non-hydrogen) atoms. The van der Waals surface area contributed by atoms with Gasteiger partial charge in [0.25, 0.3) is 5.91 Å². The van der Waals surface area contributed by atoms with Crippen LogP contribution in [0.4, 0.5) is 22.2 Å². The molecule has 3 N–H and O–H groups in total. The number of carbonyl (C=O) groups is 2. The zero-order valence-corrected chi connectivity index (χ0v) is 24.3. The van der Waals surface area contributed by atoms with Gasteiger partial charge in [0.15, 0.2) is 22.5 Å². The highest BCUT2D eigenvalue weighted by Gasteiger charge is 2.49. The molecule has 1 saturated heterocycles. The standard InChI is InChI=1S/C29H35ClN8O3/c1-28(2,3)41-27(40)34-22-19-8-5-4-7-18(19)17-29(22)10-15-36(16-11-29)25-23(30)33-21(24(31)35-25)26(39)37-13-6-14-38-20(37)9-12-32-38/h4-5,7-9,12,22H,6,10-11,13-17H2,1-3H3,(H2,31,35)(H,34,40). The van der Waals surface area contributed by atoms with Crippen molar-refractivity contribution >= 4 is 41.1 Å². The molecule has 2 aliphatic heterocycles. The zero-order valence-electron chi connectivity index (χ0n) is 23.6. The molecule has 1 unspecified atom stereocenters. The fourth-order valence-corrected chi connectivity index (χ4v) is 6.65. The van der Waals surface area contributed by atoms with Crippen LogP contribution in [0.5, 0.6) is 0 Å². The Morgan fingerprint density at radius 2 is 1.85 bits per heavy atom. The first-order chi connectivity index (χ1) is 19.5. The van der Waals surface area contributed by atoms with E-state index in [-0.39, 0.29) is 34.0 Å². The minimum atomic E-state index is -0.586. The van der Waals surface area contributed by atoms with Crippen molar-refractivity contribution in [3.8, 4) is 0 Å². The Morgan fingerprint density at radius 1 is 1.10 bits per heavy atom. The van der Waals surface area contributed by atoms with Crippen LogP contribution in [0.1, 0.15) is 67.7 Å². The summed E-state index contributed by atoms with van der Waals surface area (Å²) in [5, 5.41) is 7.59. The van der Waals surface area contributed by atoms with Crippen LogP contribution in [-0.4, -0.2) is 57.0 Å². The summed E-state index contributed by atoms with van der Waals surface area (Å²) in [6, 6.07) is 9.90. The lowest BCUT2D eigenvalue weighted by Crippen LogP contribution is -2.48. The maximum Gasteiger partial charge on any atom is 0.408 e. The van der Waals surface area contributed by atoms with Crippen LogP contribution in [0.3, 0.4) is 0 Å². The summed E-state index contributed by atoms with van der Waals surface area (Å²) in [6.45, 7) is 8.17. The van der Waals surface area contributed by atoms with E-state index in [4.69, 9.17) is 22.1 Å². The number of amides is 2. The minimum absolute atomic E-state index is 0.0368. The van der Waals surface area contributed by atoms with Gasteiger partial charge in [-0.1, -0.05) is 35.9 Å². The van der Waals surface area contributed by atoms with E-state index in [1.54, 1.807) is 21.8 Å². The molecule has 4 heterocycles. The van der Waals surface area contributed by atoms with Gasteiger partial charge in [-0.25, -0.2) is 19.4 Å². The number of ether oxygens (including phenoxy) is 1. The number of carbonyl (C=O) groups excluding carboxylic acids is 2. The van der Waals surface area contributed by atoms with Gasteiger partial charge in [-0.3, -0.25) is 9.69 Å². The number of alkyl carbamates (subject to hydrolysis) is 1. The van der Waals surface area contributed by atoms with Gasteiger partial charge in [0.1, 0.15) is 11.4 Å². The molecule has 1 aliphatic carbocycles.